The van der Waals surface area contributed by atoms with Crippen LogP contribution in [0.25, 0.3) is 11.0 Å². The number of aryl methyl sites for hydroxylation is 1. The topological polar surface area (TPSA) is 107 Å². The van der Waals surface area contributed by atoms with E-state index in [-0.39, 0.29) is 18.3 Å². The molecule has 8 nitrogen and oxygen atoms in total. The number of nitrogens with one attached hydrogen (secondary N) is 1. The highest BCUT2D eigenvalue weighted by molar-refractivity contribution is 5.89. The van der Waals surface area contributed by atoms with Crippen molar-refractivity contribution in [3.05, 3.63) is 87.9 Å². The molecule has 0 unspecified atom stereocenters. The molecule has 8 heteroatoms. The van der Waals surface area contributed by atoms with Crippen molar-refractivity contribution in [2.45, 2.75) is 20.1 Å². The van der Waals surface area contributed by atoms with Gasteiger partial charge in [-0.05, 0) is 30.2 Å². The molecule has 2 heterocycles. The number of carbonyl (C=O) groups excluding carboxylic acids is 1. The Morgan fingerprint density at radius 2 is 1.97 bits per heavy atom. The van der Waals surface area contributed by atoms with Crippen LogP contribution in [0.5, 0.6) is 5.75 Å². The lowest BCUT2D eigenvalue weighted by atomic mass is 10.1. The van der Waals surface area contributed by atoms with Gasteiger partial charge in [-0.15, -0.1) is 0 Å². The van der Waals surface area contributed by atoms with Gasteiger partial charge < -0.3 is 19.0 Å². The molecule has 0 bridgehead atoms. The number of benzene rings is 2. The summed E-state index contributed by atoms with van der Waals surface area (Å²) in [4.78, 5) is 27.7. The van der Waals surface area contributed by atoms with Gasteiger partial charge in [-0.1, -0.05) is 35.5 Å². The molecule has 0 fully saturated rings. The van der Waals surface area contributed by atoms with Crippen LogP contribution in [0.4, 0.5) is 0 Å². The van der Waals surface area contributed by atoms with Crippen LogP contribution in [0.1, 0.15) is 27.6 Å². The van der Waals surface area contributed by atoms with Crippen LogP contribution >= 0.6 is 0 Å². The van der Waals surface area contributed by atoms with Gasteiger partial charge >= 0.3 is 17.4 Å². The highest BCUT2D eigenvalue weighted by atomic mass is 16.5. The summed E-state index contributed by atoms with van der Waals surface area (Å²) in [6.45, 7) is 2.19. The van der Waals surface area contributed by atoms with Crippen molar-refractivity contribution in [1.29, 1.82) is 0 Å². The van der Waals surface area contributed by atoms with E-state index in [2.05, 4.69) is 15.5 Å². The Hall–Kier alpha value is -3.94. The zero-order valence-corrected chi connectivity index (χ0v) is 15.5. The van der Waals surface area contributed by atoms with Crippen molar-refractivity contribution in [2.75, 3.05) is 0 Å². The second-order valence-corrected chi connectivity index (χ2v) is 6.38. The fourth-order valence-corrected chi connectivity index (χ4v) is 2.80. The number of nitrogens with zero attached hydrogens (tertiary/aromatic N) is 2. The summed E-state index contributed by atoms with van der Waals surface area (Å²) in [6, 6.07) is 16.1. The van der Waals surface area contributed by atoms with E-state index in [0.717, 1.165) is 16.5 Å². The van der Waals surface area contributed by atoms with Crippen LogP contribution < -0.4 is 15.7 Å². The van der Waals surface area contributed by atoms with Crippen LogP contribution in [0, 0.1) is 6.92 Å². The minimum atomic E-state index is -0.462. The van der Waals surface area contributed by atoms with E-state index in [4.69, 9.17) is 13.7 Å². The number of fused-ring (bicyclic) bond motifs is 1. The first-order valence-electron chi connectivity index (χ1n) is 8.90. The third-order valence-corrected chi connectivity index (χ3v) is 4.25. The lowest BCUT2D eigenvalue weighted by Crippen LogP contribution is -2.23. The third-order valence-electron chi connectivity index (χ3n) is 4.25. The Balaban J connectivity index is 1.38. The average molecular weight is 391 g/mol. The van der Waals surface area contributed by atoms with Crippen LogP contribution in [-0.2, 0) is 13.2 Å². The smallest absolute Gasteiger partial charge is 0.336 e. The van der Waals surface area contributed by atoms with E-state index in [1.165, 1.54) is 6.07 Å². The third kappa shape index (κ3) is 4.32. The summed E-state index contributed by atoms with van der Waals surface area (Å²) >= 11 is 0. The Labute approximate surface area is 165 Å². The highest BCUT2D eigenvalue weighted by Gasteiger charge is 2.15. The number of carbonyl (C=O) groups is 1. The minimum absolute atomic E-state index is 0.00296. The van der Waals surface area contributed by atoms with Crippen LogP contribution in [0.3, 0.4) is 0 Å². The monoisotopic (exact) mass is 391 g/mol. The van der Waals surface area contributed by atoms with E-state index in [1.807, 2.05) is 43.3 Å². The van der Waals surface area contributed by atoms with E-state index >= 15 is 0 Å². The largest absolute Gasteiger partial charge is 0.485 e. The summed E-state index contributed by atoms with van der Waals surface area (Å²) in [5.41, 5.74) is 1.80. The number of rotatable bonds is 6. The van der Waals surface area contributed by atoms with E-state index < -0.39 is 11.5 Å². The van der Waals surface area contributed by atoms with Crippen LogP contribution in [0.2, 0.25) is 0 Å². The summed E-state index contributed by atoms with van der Waals surface area (Å²) in [5.74, 6) is 0.0991. The summed E-state index contributed by atoms with van der Waals surface area (Å²) < 4.78 is 15.8. The normalized spacial score (nSPS) is 10.8. The lowest BCUT2D eigenvalue weighted by molar-refractivity contribution is 0.0907. The van der Waals surface area contributed by atoms with Gasteiger partial charge in [-0.25, -0.2) is 4.79 Å². The maximum absolute atomic E-state index is 12.1. The molecular formula is C21H17N3O5. The summed E-state index contributed by atoms with van der Waals surface area (Å²) in [6.07, 6.45) is 0. The fraction of sp³-hybridized carbons (Fsp3) is 0.143. The molecule has 0 saturated carbocycles. The average Bonchev–Trinajstić information content (AvgIpc) is 3.20. The molecule has 0 aliphatic carbocycles. The van der Waals surface area contributed by atoms with Crippen molar-refractivity contribution in [1.82, 2.24) is 15.5 Å². The van der Waals surface area contributed by atoms with Gasteiger partial charge in [0.15, 0.2) is 6.61 Å². The van der Waals surface area contributed by atoms with Gasteiger partial charge in [0.2, 0.25) is 5.82 Å². The molecule has 0 aliphatic rings. The lowest BCUT2D eigenvalue weighted by Gasteiger charge is -2.05. The molecule has 1 amide bonds. The zero-order chi connectivity index (χ0) is 20.2. The van der Waals surface area contributed by atoms with Gasteiger partial charge in [-0.2, -0.15) is 4.98 Å². The van der Waals surface area contributed by atoms with E-state index in [0.29, 0.717) is 17.9 Å². The van der Waals surface area contributed by atoms with Gasteiger partial charge in [0.1, 0.15) is 11.3 Å². The quantitative estimate of drug-likeness (QED) is 0.503. The van der Waals surface area contributed by atoms with Crippen molar-refractivity contribution in [3.63, 3.8) is 0 Å². The molecule has 4 aromatic rings. The Bertz CT molecular complexity index is 1210. The maximum Gasteiger partial charge on any atom is 0.336 e. The molecule has 0 aliphatic heterocycles. The van der Waals surface area contributed by atoms with Crippen LogP contribution in [0.15, 0.2) is 68.3 Å². The molecule has 0 saturated heterocycles. The predicted octanol–water partition coefficient (Wildman–Crippen LogP) is 2.99. The summed E-state index contributed by atoms with van der Waals surface area (Å²) in [5, 5.41) is 7.30. The zero-order valence-electron chi connectivity index (χ0n) is 15.5. The molecule has 2 aromatic carbocycles. The number of hydrogen-bond acceptors (Lipinski definition) is 7. The number of ether oxygens (including phenoxy) is 1. The fourth-order valence-electron chi connectivity index (χ4n) is 2.80. The van der Waals surface area contributed by atoms with Crippen LogP contribution in [-0.4, -0.2) is 16.0 Å². The molecule has 29 heavy (non-hydrogen) atoms. The highest BCUT2D eigenvalue weighted by Crippen LogP contribution is 2.22. The Morgan fingerprint density at radius 1 is 1.14 bits per heavy atom. The number of aromatic nitrogens is 2. The van der Waals surface area contributed by atoms with Crippen molar-refractivity contribution >= 4 is 16.9 Å². The van der Waals surface area contributed by atoms with Gasteiger partial charge in [0.25, 0.3) is 0 Å². The second-order valence-electron chi connectivity index (χ2n) is 6.38. The molecule has 0 atom stereocenters. The standard InChI is InChI=1S/C21H17N3O5/c1-13-9-19(25)28-17-10-15(7-8-16(13)17)27-12-18-23-21(29-24-18)20(26)22-11-14-5-3-2-4-6-14/h2-10H,11-12H2,1H3,(H,22,26). The molecule has 0 spiro atoms. The first kappa shape index (κ1) is 18.4. The molecule has 0 radical (unpaired) electrons. The predicted molar refractivity (Wildman–Crippen MR) is 103 cm³/mol. The molecule has 2 aromatic heterocycles. The molecule has 1 N–H and O–H groups in total. The van der Waals surface area contributed by atoms with Crippen molar-refractivity contribution in [3.8, 4) is 5.75 Å². The summed E-state index contributed by atoms with van der Waals surface area (Å²) in [7, 11) is 0. The van der Waals surface area contributed by atoms with Gasteiger partial charge in [-0.3, -0.25) is 4.79 Å². The molecule has 4 rings (SSSR count). The SMILES string of the molecule is Cc1cc(=O)oc2cc(OCc3noc(C(=O)NCc4ccccc4)n3)ccc12. The number of amides is 1. The Kier molecular flexibility index (Phi) is 5.07. The van der Waals surface area contributed by atoms with Gasteiger partial charge in [0, 0.05) is 24.1 Å². The second kappa shape index (κ2) is 7.97. The Morgan fingerprint density at radius 3 is 2.79 bits per heavy atom. The van der Waals surface area contributed by atoms with E-state index in [1.54, 1.807) is 12.1 Å². The van der Waals surface area contributed by atoms with Crippen molar-refractivity contribution in [2.24, 2.45) is 0 Å². The molecule has 146 valence electrons. The molecular weight excluding hydrogens is 374 g/mol. The van der Waals surface area contributed by atoms with Gasteiger partial charge in [0.05, 0.1) is 0 Å². The van der Waals surface area contributed by atoms with Crippen molar-refractivity contribution < 1.29 is 18.5 Å². The number of hydrogen-bond donors (Lipinski definition) is 1. The maximum atomic E-state index is 12.1. The van der Waals surface area contributed by atoms with E-state index in [9.17, 15) is 9.59 Å². The first-order chi connectivity index (χ1) is 14.1. The minimum Gasteiger partial charge on any atom is -0.485 e. The first-order valence-corrected chi connectivity index (χ1v) is 8.90.